The number of thiophene rings is 1. The predicted octanol–water partition coefficient (Wildman–Crippen LogP) is 3.77. The topological polar surface area (TPSA) is 102 Å². The van der Waals surface area contributed by atoms with Crippen LogP contribution in [0, 0.1) is 13.8 Å². The number of hydrogen-bond acceptors (Lipinski definition) is 8. The molecule has 4 heterocycles. The van der Waals surface area contributed by atoms with Gasteiger partial charge in [0.2, 0.25) is 0 Å². The normalized spacial score (nSPS) is 14.7. The lowest BCUT2D eigenvalue weighted by atomic mass is 10.1. The Kier molecular flexibility index (Phi) is 5.67. The maximum Gasteiger partial charge on any atom is 0.251 e. The van der Waals surface area contributed by atoms with Gasteiger partial charge in [0, 0.05) is 36.8 Å². The Bertz CT molecular complexity index is 1280. The molecule has 1 saturated heterocycles. The number of rotatable bonds is 5. The third-order valence-electron chi connectivity index (χ3n) is 5.89. The number of hydrogen-bond donors (Lipinski definition) is 2. The van der Waals surface area contributed by atoms with Gasteiger partial charge in [-0.05, 0) is 49.9 Å². The molecule has 1 aliphatic rings. The molecule has 4 aromatic rings. The van der Waals surface area contributed by atoms with Crippen LogP contribution in [0.2, 0.25) is 0 Å². The van der Waals surface area contributed by atoms with Gasteiger partial charge in [-0.3, -0.25) is 4.79 Å². The number of nitrogens with one attached hydrogen (secondary N) is 2. The fourth-order valence-electron chi connectivity index (χ4n) is 3.88. The van der Waals surface area contributed by atoms with Gasteiger partial charge in [0.1, 0.15) is 17.0 Å². The first-order valence-corrected chi connectivity index (χ1v) is 11.5. The van der Waals surface area contributed by atoms with Crippen LogP contribution < -0.4 is 10.6 Å². The average molecular weight is 449 g/mol. The highest BCUT2D eigenvalue weighted by Crippen LogP contribution is 2.36. The van der Waals surface area contributed by atoms with E-state index in [1.165, 1.54) is 0 Å². The molecule has 1 aliphatic heterocycles. The lowest BCUT2D eigenvalue weighted by Crippen LogP contribution is -2.38. The van der Waals surface area contributed by atoms with Gasteiger partial charge in [-0.15, -0.1) is 16.4 Å². The zero-order valence-corrected chi connectivity index (χ0v) is 18.8. The van der Waals surface area contributed by atoms with Crippen molar-refractivity contribution in [2.24, 2.45) is 0 Å². The molecule has 3 aromatic heterocycles. The first kappa shape index (κ1) is 20.7. The summed E-state index contributed by atoms with van der Waals surface area (Å²) in [5.41, 5.74) is 4.64. The first-order chi connectivity index (χ1) is 15.6. The van der Waals surface area contributed by atoms with Crippen LogP contribution in [0.25, 0.3) is 20.4 Å². The van der Waals surface area contributed by atoms with Crippen LogP contribution in [-0.4, -0.2) is 45.3 Å². The van der Waals surface area contributed by atoms with E-state index in [2.05, 4.69) is 30.8 Å². The Morgan fingerprint density at radius 2 is 1.91 bits per heavy atom. The molecular formula is C23H24N6O2S. The second kappa shape index (κ2) is 8.76. The van der Waals surface area contributed by atoms with Crippen molar-refractivity contribution >= 4 is 43.5 Å². The highest BCUT2D eigenvalue weighted by Gasteiger charge is 2.18. The molecule has 0 saturated carbocycles. The molecule has 0 atom stereocenters. The Hall–Kier alpha value is -3.17. The summed E-state index contributed by atoms with van der Waals surface area (Å²) >= 11 is 1.55. The number of amides is 1. The molecule has 2 N–H and O–H groups in total. The summed E-state index contributed by atoms with van der Waals surface area (Å²) < 4.78 is 6.32. The van der Waals surface area contributed by atoms with Gasteiger partial charge in [0.05, 0.1) is 15.9 Å². The summed E-state index contributed by atoms with van der Waals surface area (Å²) in [6.45, 7) is 6.01. The average Bonchev–Trinajstić information content (AvgIpc) is 3.21. The highest BCUT2D eigenvalue weighted by molar-refractivity contribution is 7.25. The van der Waals surface area contributed by atoms with Crippen molar-refractivity contribution in [1.82, 2.24) is 25.5 Å². The van der Waals surface area contributed by atoms with Gasteiger partial charge < -0.3 is 15.4 Å². The quantitative estimate of drug-likeness (QED) is 0.479. The third-order valence-corrected chi connectivity index (χ3v) is 6.96. The van der Waals surface area contributed by atoms with Crippen molar-refractivity contribution in [3.05, 3.63) is 53.0 Å². The third kappa shape index (κ3) is 4.01. The van der Waals surface area contributed by atoms with Crippen molar-refractivity contribution in [3.63, 3.8) is 0 Å². The number of ether oxygens (including phenoxy) is 1. The number of anilines is 1. The lowest BCUT2D eigenvalue weighted by molar-refractivity contribution is 0.0696. The van der Waals surface area contributed by atoms with Crippen LogP contribution in [-0.2, 0) is 11.3 Å². The summed E-state index contributed by atoms with van der Waals surface area (Å²) in [5, 5.41) is 16.1. The van der Waals surface area contributed by atoms with Crippen molar-refractivity contribution in [3.8, 4) is 0 Å². The maximum atomic E-state index is 12.5. The van der Waals surface area contributed by atoms with E-state index >= 15 is 0 Å². The molecule has 5 rings (SSSR count). The first-order valence-electron chi connectivity index (χ1n) is 10.7. The van der Waals surface area contributed by atoms with E-state index in [0.717, 1.165) is 55.9 Å². The van der Waals surface area contributed by atoms with Crippen LogP contribution in [0.15, 0.2) is 30.6 Å². The molecule has 164 valence electrons. The number of carbonyl (C=O) groups is 1. The van der Waals surface area contributed by atoms with E-state index < -0.39 is 0 Å². The molecular weight excluding hydrogens is 424 g/mol. The Morgan fingerprint density at radius 1 is 1.12 bits per heavy atom. The van der Waals surface area contributed by atoms with Crippen molar-refractivity contribution in [2.75, 3.05) is 18.5 Å². The smallest absolute Gasteiger partial charge is 0.251 e. The number of fused-ring (bicyclic) bond motifs is 3. The van der Waals surface area contributed by atoms with Crippen LogP contribution >= 0.6 is 11.3 Å². The number of carbonyl (C=O) groups excluding carboxylic acids is 1. The van der Waals surface area contributed by atoms with Crippen LogP contribution in [0.3, 0.4) is 0 Å². The molecule has 1 aromatic carbocycles. The molecule has 32 heavy (non-hydrogen) atoms. The summed E-state index contributed by atoms with van der Waals surface area (Å²) in [4.78, 5) is 22.3. The molecule has 9 heteroatoms. The summed E-state index contributed by atoms with van der Waals surface area (Å²) in [6, 6.07) is 7.85. The minimum absolute atomic E-state index is 0.0361. The van der Waals surface area contributed by atoms with Crippen molar-refractivity contribution in [2.45, 2.75) is 39.3 Å². The fraction of sp³-hybridized carbons (Fsp3) is 0.348. The maximum absolute atomic E-state index is 12.5. The van der Waals surface area contributed by atoms with E-state index in [9.17, 15) is 4.79 Å². The van der Waals surface area contributed by atoms with Crippen molar-refractivity contribution in [1.29, 1.82) is 0 Å². The minimum atomic E-state index is -0.0361. The van der Waals surface area contributed by atoms with E-state index in [-0.39, 0.29) is 11.9 Å². The number of aryl methyl sites for hydroxylation is 2. The SMILES string of the molecule is Cc1nnc2sc3c(NCc4ccc(C(=O)NC5CCOCC5)cc4)ncnc3c2c1C. The lowest BCUT2D eigenvalue weighted by Gasteiger charge is -2.23. The fourth-order valence-corrected chi connectivity index (χ4v) is 4.98. The molecule has 1 amide bonds. The predicted molar refractivity (Wildman–Crippen MR) is 125 cm³/mol. The van der Waals surface area contributed by atoms with E-state index in [1.807, 2.05) is 38.1 Å². The standard InChI is InChI=1S/C23H24N6O2S/c1-13-14(2)28-29-23-18(13)19-20(32-23)21(26-12-25-19)24-11-15-3-5-16(6-4-15)22(30)27-17-7-9-31-10-8-17/h3-6,12,17H,7-11H2,1-2H3,(H,27,30)(H,24,25,26). The van der Waals surface area contributed by atoms with Gasteiger partial charge in [-0.2, -0.15) is 5.10 Å². The van der Waals surface area contributed by atoms with Gasteiger partial charge >= 0.3 is 0 Å². The van der Waals surface area contributed by atoms with Gasteiger partial charge in [0.15, 0.2) is 0 Å². The molecule has 0 spiro atoms. The molecule has 0 unspecified atom stereocenters. The number of benzene rings is 1. The van der Waals surface area contributed by atoms with E-state index in [1.54, 1.807) is 17.7 Å². The summed E-state index contributed by atoms with van der Waals surface area (Å²) in [6.07, 6.45) is 3.31. The van der Waals surface area contributed by atoms with Gasteiger partial charge in [-0.1, -0.05) is 12.1 Å². The van der Waals surface area contributed by atoms with Crippen LogP contribution in [0.5, 0.6) is 0 Å². The van der Waals surface area contributed by atoms with Gasteiger partial charge in [-0.25, -0.2) is 9.97 Å². The van der Waals surface area contributed by atoms with E-state index in [4.69, 9.17) is 4.74 Å². The molecule has 8 nitrogen and oxygen atoms in total. The Morgan fingerprint density at radius 3 is 2.69 bits per heavy atom. The number of nitrogens with zero attached hydrogens (tertiary/aromatic N) is 4. The second-order valence-electron chi connectivity index (χ2n) is 8.00. The van der Waals surface area contributed by atoms with E-state index in [0.29, 0.717) is 25.3 Å². The Labute approximate surface area is 189 Å². The summed E-state index contributed by atoms with van der Waals surface area (Å²) in [5.74, 6) is 0.738. The summed E-state index contributed by atoms with van der Waals surface area (Å²) in [7, 11) is 0. The highest BCUT2D eigenvalue weighted by atomic mass is 32.1. The molecule has 0 bridgehead atoms. The zero-order valence-electron chi connectivity index (χ0n) is 18.0. The minimum Gasteiger partial charge on any atom is -0.381 e. The van der Waals surface area contributed by atoms with Crippen LogP contribution in [0.1, 0.15) is 40.0 Å². The molecule has 1 fully saturated rings. The van der Waals surface area contributed by atoms with Crippen LogP contribution in [0.4, 0.5) is 5.82 Å². The zero-order chi connectivity index (χ0) is 22.1. The Balaban J connectivity index is 1.30. The second-order valence-corrected chi connectivity index (χ2v) is 9.00. The van der Waals surface area contributed by atoms with Crippen molar-refractivity contribution < 1.29 is 9.53 Å². The molecule has 0 aliphatic carbocycles. The monoisotopic (exact) mass is 448 g/mol. The van der Waals surface area contributed by atoms with Gasteiger partial charge in [0.25, 0.3) is 5.91 Å². The number of aromatic nitrogens is 4. The largest absolute Gasteiger partial charge is 0.381 e. The molecule has 0 radical (unpaired) electrons.